The predicted molar refractivity (Wildman–Crippen MR) is 66.6 cm³/mol. The van der Waals surface area contributed by atoms with Crippen molar-refractivity contribution in [3.8, 4) is 0 Å². The van der Waals surface area contributed by atoms with Gasteiger partial charge in [0.1, 0.15) is 0 Å². The number of carbonyl (C=O) groups excluding carboxylic acids is 1. The molecule has 88 valence electrons. The van der Waals surface area contributed by atoms with Crippen LogP contribution in [-0.4, -0.2) is 29.4 Å². The third-order valence-electron chi connectivity index (χ3n) is 3.15. The van der Waals surface area contributed by atoms with Crippen molar-refractivity contribution in [1.29, 1.82) is 0 Å². The van der Waals surface area contributed by atoms with E-state index in [1.165, 1.54) is 17.8 Å². The molecule has 0 spiro atoms. The summed E-state index contributed by atoms with van der Waals surface area (Å²) in [6.45, 7) is 2.84. The Bertz CT molecular complexity index is 348. The second-order valence-corrected chi connectivity index (χ2v) is 5.35. The quantitative estimate of drug-likeness (QED) is 0.857. The van der Waals surface area contributed by atoms with E-state index in [4.69, 9.17) is 5.73 Å². The fourth-order valence-electron chi connectivity index (χ4n) is 2.30. The Balaban J connectivity index is 2.14. The number of hydrogen-bond acceptors (Lipinski definition) is 3. The van der Waals surface area contributed by atoms with Crippen molar-refractivity contribution in [3.63, 3.8) is 0 Å². The highest BCUT2D eigenvalue weighted by atomic mass is 32.1. The Morgan fingerprint density at radius 1 is 1.62 bits per heavy atom. The highest BCUT2D eigenvalue weighted by molar-refractivity contribution is 7.12. The molecular formula is C12H18N2OS. The first-order valence-corrected chi connectivity index (χ1v) is 6.68. The molecule has 1 aliphatic rings. The standard InChI is InChI=1S/C12H18N2OS/c1-9(13)10-5-2-3-7-14(10)12(15)11-6-4-8-16-11/h4,6,8-10H,2-3,5,7,13H2,1H3. The van der Waals surface area contributed by atoms with E-state index < -0.39 is 0 Å². The van der Waals surface area contributed by atoms with Crippen LogP contribution in [0.1, 0.15) is 35.9 Å². The summed E-state index contributed by atoms with van der Waals surface area (Å²) >= 11 is 1.51. The second-order valence-electron chi connectivity index (χ2n) is 4.40. The zero-order valence-electron chi connectivity index (χ0n) is 9.56. The van der Waals surface area contributed by atoms with E-state index in [0.717, 1.165) is 24.3 Å². The fraction of sp³-hybridized carbons (Fsp3) is 0.583. The summed E-state index contributed by atoms with van der Waals surface area (Å²) in [6, 6.07) is 4.08. The summed E-state index contributed by atoms with van der Waals surface area (Å²) in [5.41, 5.74) is 5.96. The normalized spacial score (nSPS) is 23.1. The van der Waals surface area contributed by atoms with Crippen LogP contribution < -0.4 is 5.73 Å². The van der Waals surface area contributed by atoms with Gasteiger partial charge in [-0.3, -0.25) is 4.79 Å². The average Bonchev–Trinajstić information content (AvgIpc) is 2.81. The van der Waals surface area contributed by atoms with Crippen molar-refractivity contribution in [3.05, 3.63) is 22.4 Å². The molecule has 1 aromatic heterocycles. The molecule has 0 aliphatic carbocycles. The monoisotopic (exact) mass is 238 g/mol. The van der Waals surface area contributed by atoms with E-state index in [-0.39, 0.29) is 18.0 Å². The Morgan fingerprint density at radius 3 is 3.06 bits per heavy atom. The zero-order valence-corrected chi connectivity index (χ0v) is 10.4. The number of piperidine rings is 1. The Hall–Kier alpha value is -0.870. The SMILES string of the molecule is CC(N)C1CCCCN1C(=O)c1cccs1. The van der Waals surface area contributed by atoms with Crippen LogP contribution in [-0.2, 0) is 0 Å². The van der Waals surface area contributed by atoms with Crippen LogP contribution in [0.15, 0.2) is 17.5 Å². The summed E-state index contributed by atoms with van der Waals surface area (Å²) in [4.78, 5) is 15.0. The van der Waals surface area contributed by atoms with Crippen molar-refractivity contribution in [2.45, 2.75) is 38.3 Å². The van der Waals surface area contributed by atoms with Crippen LogP contribution in [0.4, 0.5) is 0 Å². The first-order chi connectivity index (χ1) is 7.70. The number of amides is 1. The molecule has 1 fully saturated rings. The maximum atomic E-state index is 12.3. The first-order valence-electron chi connectivity index (χ1n) is 5.80. The van der Waals surface area contributed by atoms with Crippen molar-refractivity contribution in [1.82, 2.24) is 4.90 Å². The lowest BCUT2D eigenvalue weighted by atomic mass is 9.97. The second kappa shape index (κ2) is 4.97. The minimum absolute atomic E-state index is 0.0595. The van der Waals surface area contributed by atoms with Gasteiger partial charge in [-0.15, -0.1) is 11.3 Å². The number of thiophene rings is 1. The highest BCUT2D eigenvalue weighted by Crippen LogP contribution is 2.22. The number of hydrogen-bond donors (Lipinski definition) is 1. The first kappa shape index (κ1) is 11.6. The smallest absolute Gasteiger partial charge is 0.264 e. The lowest BCUT2D eigenvalue weighted by molar-refractivity contribution is 0.0589. The average molecular weight is 238 g/mol. The third kappa shape index (κ3) is 2.28. The molecule has 2 rings (SSSR count). The highest BCUT2D eigenvalue weighted by Gasteiger charge is 2.29. The van der Waals surface area contributed by atoms with Gasteiger partial charge in [0.2, 0.25) is 0 Å². The van der Waals surface area contributed by atoms with Crippen molar-refractivity contribution < 1.29 is 4.79 Å². The van der Waals surface area contributed by atoms with Gasteiger partial charge in [0.25, 0.3) is 5.91 Å². The predicted octanol–water partition coefficient (Wildman–Crippen LogP) is 2.09. The van der Waals surface area contributed by atoms with Gasteiger partial charge in [-0.25, -0.2) is 0 Å². The molecule has 2 N–H and O–H groups in total. The van der Waals surface area contributed by atoms with Crippen LogP contribution in [0.25, 0.3) is 0 Å². The molecule has 2 unspecified atom stereocenters. The van der Waals surface area contributed by atoms with Crippen molar-refractivity contribution >= 4 is 17.2 Å². The molecule has 2 heterocycles. The van der Waals surface area contributed by atoms with Crippen LogP contribution in [0, 0.1) is 0 Å². The number of nitrogens with zero attached hydrogens (tertiary/aromatic N) is 1. The number of likely N-dealkylation sites (tertiary alicyclic amines) is 1. The Labute approximate surface area is 100 Å². The maximum Gasteiger partial charge on any atom is 0.264 e. The largest absolute Gasteiger partial charge is 0.333 e. The lowest BCUT2D eigenvalue weighted by Crippen LogP contribution is -2.51. The van der Waals surface area contributed by atoms with E-state index in [9.17, 15) is 4.79 Å². The van der Waals surface area contributed by atoms with Crippen molar-refractivity contribution in [2.75, 3.05) is 6.54 Å². The molecule has 3 nitrogen and oxygen atoms in total. The third-order valence-corrected chi connectivity index (χ3v) is 4.01. The van der Waals surface area contributed by atoms with Crippen LogP contribution in [0.3, 0.4) is 0 Å². The van der Waals surface area contributed by atoms with Crippen molar-refractivity contribution in [2.24, 2.45) is 5.73 Å². The van der Waals surface area contributed by atoms with E-state index in [1.54, 1.807) is 0 Å². The molecule has 2 atom stereocenters. The summed E-state index contributed by atoms with van der Waals surface area (Å²) in [7, 11) is 0. The molecule has 16 heavy (non-hydrogen) atoms. The van der Waals surface area contributed by atoms with Gasteiger partial charge in [-0.2, -0.15) is 0 Å². The summed E-state index contributed by atoms with van der Waals surface area (Å²) in [5, 5.41) is 1.94. The number of carbonyl (C=O) groups is 1. The minimum atomic E-state index is 0.0595. The van der Waals surface area contributed by atoms with Crippen LogP contribution in [0.5, 0.6) is 0 Å². The fourth-order valence-corrected chi connectivity index (χ4v) is 2.98. The number of nitrogens with two attached hydrogens (primary N) is 1. The Morgan fingerprint density at radius 2 is 2.44 bits per heavy atom. The van der Waals surface area contributed by atoms with Gasteiger partial charge >= 0.3 is 0 Å². The molecule has 0 aromatic carbocycles. The summed E-state index contributed by atoms with van der Waals surface area (Å²) < 4.78 is 0. The van der Waals surface area contributed by atoms with E-state index in [0.29, 0.717) is 0 Å². The molecule has 0 bridgehead atoms. The van der Waals surface area contributed by atoms with Gasteiger partial charge < -0.3 is 10.6 Å². The number of rotatable bonds is 2. The van der Waals surface area contributed by atoms with E-state index >= 15 is 0 Å². The van der Waals surface area contributed by atoms with Gasteiger partial charge in [-0.05, 0) is 37.6 Å². The molecule has 1 saturated heterocycles. The Kier molecular flexibility index (Phi) is 3.61. The minimum Gasteiger partial charge on any atom is -0.333 e. The maximum absolute atomic E-state index is 12.3. The molecule has 0 radical (unpaired) electrons. The van der Waals surface area contributed by atoms with Gasteiger partial charge in [0.05, 0.1) is 4.88 Å². The molecule has 4 heteroatoms. The summed E-state index contributed by atoms with van der Waals surface area (Å²) in [5.74, 6) is 0.150. The zero-order chi connectivity index (χ0) is 11.5. The lowest BCUT2D eigenvalue weighted by Gasteiger charge is -2.37. The molecule has 1 amide bonds. The van der Waals surface area contributed by atoms with E-state index in [1.807, 2.05) is 29.3 Å². The van der Waals surface area contributed by atoms with Gasteiger partial charge in [0.15, 0.2) is 0 Å². The molecular weight excluding hydrogens is 220 g/mol. The molecule has 1 aliphatic heterocycles. The topological polar surface area (TPSA) is 46.3 Å². The summed E-state index contributed by atoms with van der Waals surface area (Å²) in [6.07, 6.45) is 3.32. The van der Waals surface area contributed by atoms with Crippen LogP contribution >= 0.6 is 11.3 Å². The van der Waals surface area contributed by atoms with Crippen LogP contribution in [0.2, 0.25) is 0 Å². The van der Waals surface area contributed by atoms with Gasteiger partial charge in [0, 0.05) is 18.6 Å². The van der Waals surface area contributed by atoms with E-state index in [2.05, 4.69) is 0 Å². The molecule has 1 aromatic rings. The molecule has 0 saturated carbocycles. The van der Waals surface area contributed by atoms with Gasteiger partial charge in [-0.1, -0.05) is 6.07 Å².